The van der Waals surface area contributed by atoms with E-state index in [1.807, 2.05) is 18.6 Å². The average molecular weight is 378 g/mol. The van der Waals surface area contributed by atoms with Gasteiger partial charge in [0.15, 0.2) is 0 Å². The van der Waals surface area contributed by atoms with Gasteiger partial charge >= 0.3 is 6.18 Å². The highest BCUT2D eigenvalue weighted by molar-refractivity contribution is 7.92. The number of halogens is 4. The number of hydrogen-bond donors (Lipinski definition) is 1. The normalized spacial score (nSPS) is 12.5. The highest BCUT2D eigenvalue weighted by atomic mass is 35.5. The maximum Gasteiger partial charge on any atom is 0.418 e. The number of sulfonamides is 1. The zero-order valence-corrected chi connectivity index (χ0v) is 14.4. The summed E-state index contributed by atoms with van der Waals surface area (Å²) in [5.41, 5.74) is -0.784. The fourth-order valence-electron chi connectivity index (χ4n) is 2.08. The number of rotatable bonds is 4. The predicted octanol–water partition coefficient (Wildman–Crippen LogP) is 5.28. The quantitative estimate of drug-likeness (QED) is 0.787. The van der Waals surface area contributed by atoms with Crippen LogP contribution in [-0.2, 0) is 16.2 Å². The van der Waals surface area contributed by atoms with Crippen molar-refractivity contribution in [2.75, 3.05) is 4.72 Å². The third-order valence-electron chi connectivity index (χ3n) is 3.39. The molecule has 130 valence electrons. The van der Waals surface area contributed by atoms with E-state index >= 15 is 0 Å². The molecule has 0 aliphatic rings. The van der Waals surface area contributed by atoms with E-state index < -0.39 is 27.5 Å². The summed E-state index contributed by atoms with van der Waals surface area (Å²) in [4.78, 5) is -0.116. The fraction of sp³-hybridized carbons (Fsp3) is 0.250. The van der Waals surface area contributed by atoms with Gasteiger partial charge in [-0.25, -0.2) is 8.42 Å². The zero-order valence-electron chi connectivity index (χ0n) is 12.9. The van der Waals surface area contributed by atoms with E-state index in [1.54, 1.807) is 12.1 Å². The molecule has 0 aromatic heterocycles. The molecular formula is C16H15ClF3NO2S. The topological polar surface area (TPSA) is 46.2 Å². The molecule has 2 aromatic rings. The van der Waals surface area contributed by atoms with Crippen molar-refractivity contribution in [2.45, 2.75) is 30.8 Å². The van der Waals surface area contributed by atoms with Crippen molar-refractivity contribution in [2.24, 2.45) is 0 Å². The van der Waals surface area contributed by atoms with Crippen LogP contribution in [0.15, 0.2) is 47.4 Å². The van der Waals surface area contributed by atoms with Crippen LogP contribution in [0.4, 0.5) is 18.9 Å². The standard InChI is InChI=1S/C16H15ClF3NO2S/c1-10(2)11-3-6-13(7-4-11)24(22,23)21-15-8-5-12(17)9-14(15)16(18,19)20/h3-10,21H,1-2H3. The van der Waals surface area contributed by atoms with Crippen LogP contribution in [0, 0.1) is 0 Å². The highest BCUT2D eigenvalue weighted by Gasteiger charge is 2.35. The Labute approximate surface area is 143 Å². The van der Waals surface area contributed by atoms with Gasteiger partial charge in [-0.05, 0) is 41.8 Å². The molecule has 2 rings (SSSR count). The Morgan fingerprint density at radius 3 is 2.12 bits per heavy atom. The third kappa shape index (κ3) is 4.21. The van der Waals surface area contributed by atoms with Gasteiger partial charge in [-0.3, -0.25) is 4.72 Å². The molecule has 2 aromatic carbocycles. The molecule has 0 spiro atoms. The first-order valence-electron chi connectivity index (χ1n) is 7.00. The predicted molar refractivity (Wildman–Crippen MR) is 87.8 cm³/mol. The van der Waals surface area contributed by atoms with Gasteiger partial charge in [-0.15, -0.1) is 0 Å². The van der Waals surface area contributed by atoms with Crippen LogP contribution >= 0.6 is 11.6 Å². The van der Waals surface area contributed by atoms with E-state index in [0.717, 1.165) is 11.6 Å². The summed E-state index contributed by atoms with van der Waals surface area (Å²) < 4.78 is 65.8. The Morgan fingerprint density at radius 1 is 1.04 bits per heavy atom. The van der Waals surface area contributed by atoms with E-state index in [9.17, 15) is 21.6 Å². The number of benzene rings is 2. The van der Waals surface area contributed by atoms with Gasteiger partial charge in [0.25, 0.3) is 10.0 Å². The van der Waals surface area contributed by atoms with Crippen molar-refractivity contribution in [1.29, 1.82) is 0 Å². The van der Waals surface area contributed by atoms with Gasteiger partial charge in [-0.2, -0.15) is 13.2 Å². The minimum Gasteiger partial charge on any atom is -0.279 e. The summed E-state index contributed by atoms with van der Waals surface area (Å²) in [6.07, 6.45) is -4.73. The first kappa shape index (κ1) is 18.6. The van der Waals surface area contributed by atoms with Gasteiger partial charge in [0.05, 0.1) is 16.1 Å². The van der Waals surface area contributed by atoms with E-state index in [1.165, 1.54) is 18.2 Å². The zero-order chi connectivity index (χ0) is 18.1. The summed E-state index contributed by atoms with van der Waals surface area (Å²) in [5, 5.41) is -0.133. The molecule has 24 heavy (non-hydrogen) atoms. The van der Waals surface area contributed by atoms with Crippen LogP contribution < -0.4 is 4.72 Å². The lowest BCUT2D eigenvalue weighted by Gasteiger charge is -2.15. The number of hydrogen-bond acceptors (Lipinski definition) is 2. The second-order valence-electron chi connectivity index (χ2n) is 5.52. The molecule has 0 heterocycles. The molecule has 0 saturated heterocycles. The molecule has 0 bridgehead atoms. The van der Waals surface area contributed by atoms with Gasteiger partial charge < -0.3 is 0 Å². The number of nitrogens with one attached hydrogen (secondary N) is 1. The first-order chi connectivity index (χ1) is 11.0. The van der Waals surface area contributed by atoms with Crippen molar-refractivity contribution in [3.63, 3.8) is 0 Å². The molecule has 8 heteroatoms. The van der Waals surface area contributed by atoms with Crippen LogP contribution in [-0.4, -0.2) is 8.42 Å². The molecule has 0 amide bonds. The van der Waals surface area contributed by atoms with Crippen molar-refractivity contribution in [3.8, 4) is 0 Å². The Hall–Kier alpha value is -1.73. The Kier molecular flexibility index (Phi) is 5.15. The molecule has 3 nitrogen and oxygen atoms in total. The van der Waals surface area contributed by atoms with Crippen LogP contribution in [0.5, 0.6) is 0 Å². The molecule has 1 N–H and O–H groups in total. The largest absolute Gasteiger partial charge is 0.418 e. The Bertz CT molecular complexity index is 831. The first-order valence-corrected chi connectivity index (χ1v) is 8.86. The van der Waals surface area contributed by atoms with Gasteiger partial charge in [-0.1, -0.05) is 37.6 Å². The summed E-state index contributed by atoms with van der Waals surface area (Å²) in [5.74, 6) is 0.211. The third-order valence-corrected chi connectivity index (χ3v) is 5.00. The summed E-state index contributed by atoms with van der Waals surface area (Å²) >= 11 is 5.58. The molecule has 0 radical (unpaired) electrons. The van der Waals surface area contributed by atoms with Gasteiger partial charge in [0.2, 0.25) is 0 Å². The van der Waals surface area contributed by atoms with E-state index in [-0.39, 0.29) is 15.8 Å². The van der Waals surface area contributed by atoms with Crippen molar-refractivity contribution in [3.05, 3.63) is 58.6 Å². The minimum absolute atomic E-state index is 0.116. The SMILES string of the molecule is CC(C)c1ccc(S(=O)(=O)Nc2ccc(Cl)cc2C(F)(F)F)cc1. The van der Waals surface area contributed by atoms with E-state index in [4.69, 9.17) is 11.6 Å². The molecule has 0 aliphatic carbocycles. The molecule has 0 atom stereocenters. The second-order valence-corrected chi connectivity index (χ2v) is 7.64. The number of anilines is 1. The minimum atomic E-state index is -4.73. The fourth-order valence-corrected chi connectivity index (χ4v) is 3.33. The maximum absolute atomic E-state index is 13.1. The van der Waals surface area contributed by atoms with Gasteiger partial charge in [0, 0.05) is 5.02 Å². The average Bonchev–Trinajstić information content (AvgIpc) is 2.48. The van der Waals surface area contributed by atoms with Crippen LogP contribution in [0.3, 0.4) is 0 Å². The summed E-state index contributed by atoms with van der Waals surface area (Å²) in [6, 6.07) is 8.85. The van der Waals surface area contributed by atoms with Gasteiger partial charge in [0.1, 0.15) is 0 Å². The van der Waals surface area contributed by atoms with Crippen LogP contribution in [0.25, 0.3) is 0 Å². The summed E-state index contributed by atoms with van der Waals surface area (Å²) in [7, 11) is -4.14. The van der Waals surface area contributed by atoms with E-state index in [0.29, 0.717) is 6.07 Å². The lowest BCUT2D eigenvalue weighted by molar-refractivity contribution is -0.136. The van der Waals surface area contributed by atoms with Crippen molar-refractivity contribution >= 4 is 27.3 Å². The van der Waals surface area contributed by atoms with E-state index in [2.05, 4.69) is 0 Å². The lowest BCUT2D eigenvalue weighted by Crippen LogP contribution is -2.17. The molecular weight excluding hydrogens is 363 g/mol. The Morgan fingerprint density at radius 2 is 1.62 bits per heavy atom. The van der Waals surface area contributed by atoms with Crippen LogP contribution in [0.1, 0.15) is 30.9 Å². The summed E-state index contributed by atoms with van der Waals surface area (Å²) in [6.45, 7) is 3.90. The monoisotopic (exact) mass is 377 g/mol. The lowest BCUT2D eigenvalue weighted by atomic mass is 10.0. The second kappa shape index (κ2) is 6.64. The maximum atomic E-state index is 13.1. The molecule has 0 unspecified atom stereocenters. The highest BCUT2D eigenvalue weighted by Crippen LogP contribution is 2.37. The van der Waals surface area contributed by atoms with Crippen LogP contribution in [0.2, 0.25) is 5.02 Å². The van der Waals surface area contributed by atoms with Crippen molar-refractivity contribution < 1.29 is 21.6 Å². The van der Waals surface area contributed by atoms with Crippen molar-refractivity contribution in [1.82, 2.24) is 0 Å². The molecule has 0 aliphatic heterocycles. The molecule has 0 fully saturated rings. The smallest absolute Gasteiger partial charge is 0.279 e. The molecule has 0 saturated carbocycles. The Balaban J connectivity index is 2.39. The number of alkyl halides is 3.